The van der Waals surface area contributed by atoms with Crippen LogP contribution < -0.4 is 15.6 Å². The highest BCUT2D eigenvalue weighted by Gasteiger charge is 2.16. The quantitative estimate of drug-likeness (QED) is 0.204. The highest BCUT2D eigenvalue weighted by atomic mass is 35.5. The topological polar surface area (TPSA) is 98.7 Å². The van der Waals surface area contributed by atoms with E-state index in [2.05, 4.69) is 15.4 Å². The molecule has 0 radical (unpaired) electrons. The lowest BCUT2D eigenvalue weighted by atomic mass is 10.2. The van der Waals surface area contributed by atoms with Crippen LogP contribution in [-0.4, -0.2) is 28.4 Å². The van der Waals surface area contributed by atoms with Gasteiger partial charge in [-0.15, -0.1) is 0 Å². The van der Waals surface area contributed by atoms with E-state index in [1.807, 2.05) is 6.07 Å². The molecule has 2 heterocycles. The predicted molar refractivity (Wildman–Crippen MR) is 161 cm³/mol. The number of rotatable bonds is 7. The van der Waals surface area contributed by atoms with Crippen LogP contribution in [0.25, 0.3) is 33.5 Å². The highest BCUT2D eigenvalue weighted by Crippen LogP contribution is 2.29. The first-order valence-electron chi connectivity index (χ1n) is 12.5. The number of anilines is 1. The normalized spacial score (nSPS) is 11.4. The van der Waals surface area contributed by atoms with Crippen molar-refractivity contribution in [2.45, 2.75) is 0 Å². The molecule has 1 amide bonds. The number of aromatic nitrogens is 2. The SMILES string of the molecule is O=C(COc1ccc(C=Nn2c(-c3cc4cc(Cl)ccc4o3)nc3ccccc3c2=O)cc1)Nc1ccc(Cl)cc1. The maximum Gasteiger partial charge on any atom is 0.282 e. The molecule has 41 heavy (non-hydrogen) atoms. The minimum atomic E-state index is -0.341. The van der Waals surface area contributed by atoms with Gasteiger partial charge in [-0.2, -0.15) is 9.78 Å². The highest BCUT2D eigenvalue weighted by molar-refractivity contribution is 6.31. The summed E-state index contributed by atoms with van der Waals surface area (Å²) in [5.41, 5.74) is 2.12. The lowest BCUT2D eigenvalue weighted by Gasteiger charge is -2.08. The fourth-order valence-electron chi connectivity index (χ4n) is 4.17. The Morgan fingerprint density at radius 3 is 2.51 bits per heavy atom. The average molecular weight is 583 g/mol. The van der Waals surface area contributed by atoms with Gasteiger partial charge in [-0.05, 0) is 90.5 Å². The first-order valence-corrected chi connectivity index (χ1v) is 13.2. The third-order valence-corrected chi connectivity index (χ3v) is 6.64. The molecule has 0 bridgehead atoms. The minimum absolute atomic E-state index is 0.166. The molecule has 202 valence electrons. The average Bonchev–Trinajstić information content (AvgIpc) is 3.40. The number of carbonyl (C=O) groups excluding carboxylic acids is 1. The van der Waals surface area contributed by atoms with E-state index < -0.39 is 0 Å². The predicted octanol–water partition coefficient (Wildman–Crippen LogP) is 7.02. The first-order chi connectivity index (χ1) is 19.9. The van der Waals surface area contributed by atoms with Crippen molar-refractivity contribution >= 4 is 62.9 Å². The lowest BCUT2D eigenvalue weighted by molar-refractivity contribution is -0.118. The zero-order valence-corrected chi connectivity index (χ0v) is 22.8. The smallest absolute Gasteiger partial charge is 0.282 e. The summed E-state index contributed by atoms with van der Waals surface area (Å²) in [6.45, 7) is -0.166. The molecule has 0 saturated carbocycles. The van der Waals surface area contributed by atoms with Crippen LogP contribution in [0.3, 0.4) is 0 Å². The van der Waals surface area contributed by atoms with E-state index in [-0.39, 0.29) is 23.9 Å². The van der Waals surface area contributed by atoms with Gasteiger partial charge in [0.25, 0.3) is 11.5 Å². The zero-order valence-electron chi connectivity index (χ0n) is 21.3. The van der Waals surface area contributed by atoms with E-state index >= 15 is 0 Å². The largest absolute Gasteiger partial charge is 0.484 e. The molecule has 6 rings (SSSR count). The third-order valence-electron chi connectivity index (χ3n) is 6.15. The number of para-hydroxylation sites is 1. The van der Waals surface area contributed by atoms with Gasteiger partial charge in [-0.25, -0.2) is 4.98 Å². The minimum Gasteiger partial charge on any atom is -0.484 e. The number of carbonyl (C=O) groups is 1. The number of ether oxygens (including phenoxy) is 1. The summed E-state index contributed by atoms with van der Waals surface area (Å²) in [6, 6.07) is 27.9. The molecule has 2 aromatic heterocycles. The molecule has 0 fully saturated rings. The molecule has 0 aliphatic heterocycles. The van der Waals surface area contributed by atoms with Crippen molar-refractivity contribution < 1.29 is 13.9 Å². The molecule has 4 aromatic carbocycles. The Morgan fingerprint density at radius 1 is 0.951 bits per heavy atom. The fourth-order valence-corrected chi connectivity index (χ4v) is 4.47. The molecule has 1 N–H and O–H groups in total. The summed E-state index contributed by atoms with van der Waals surface area (Å²) in [5, 5.41) is 9.56. The molecule has 0 aliphatic rings. The lowest BCUT2D eigenvalue weighted by Crippen LogP contribution is -2.20. The van der Waals surface area contributed by atoms with E-state index in [4.69, 9.17) is 32.4 Å². The maximum atomic E-state index is 13.4. The van der Waals surface area contributed by atoms with Gasteiger partial charge in [0.1, 0.15) is 11.3 Å². The van der Waals surface area contributed by atoms with E-state index in [1.54, 1.807) is 91.0 Å². The Hall–Kier alpha value is -4.92. The van der Waals surface area contributed by atoms with Crippen molar-refractivity contribution in [3.63, 3.8) is 0 Å². The number of benzene rings is 4. The van der Waals surface area contributed by atoms with Crippen LogP contribution in [0.1, 0.15) is 5.56 Å². The van der Waals surface area contributed by atoms with Gasteiger partial charge in [0.05, 0.1) is 17.1 Å². The van der Waals surface area contributed by atoms with Gasteiger partial charge in [0.2, 0.25) is 5.82 Å². The van der Waals surface area contributed by atoms with Crippen LogP contribution in [0.4, 0.5) is 5.69 Å². The standard InChI is InChI=1S/C31H20Cl2N4O4/c32-21-7-10-23(11-8-21)35-29(38)18-40-24-12-5-19(6-13-24)17-34-37-30(36-26-4-2-1-3-25(26)31(37)39)28-16-20-15-22(33)9-14-27(20)41-28/h1-17H,18H2,(H,35,38). The Kier molecular flexibility index (Phi) is 7.24. The molecular weight excluding hydrogens is 563 g/mol. The Labute approximate surface area is 243 Å². The number of hydrogen-bond acceptors (Lipinski definition) is 6. The molecule has 0 spiro atoms. The van der Waals surface area contributed by atoms with Crippen molar-refractivity contribution in [3.05, 3.63) is 123 Å². The monoisotopic (exact) mass is 582 g/mol. The maximum absolute atomic E-state index is 13.4. The Balaban J connectivity index is 1.24. The van der Waals surface area contributed by atoms with Crippen molar-refractivity contribution in [1.82, 2.24) is 9.66 Å². The van der Waals surface area contributed by atoms with E-state index in [0.29, 0.717) is 49.3 Å². The summed E-state index contributed by atoms with van der Waals surface area (Å²) < 4.78 is 12.8. The number of nitrogens with zero attached hydrogens (tertiary/aromatic N) is 3. The summed E-state index contributed by atoms with van der Waals surface area (Å²) >= 11 is 12.0. The second kappa shape index (κ2) is 11.3. The van der Waals surface area contributed by atoms with Crippen LogP contribution in [0.15, 0.2) is 111 Å². The fraction of sp³-hybridized carbons (Fsp3) is 0.0323. The van der Waals surface area contributed by atoms with E-state index in [9.17, 15) is 9.59 Å². The zero-order chi connectivity index (χ0) is 28.3. The molecule has 0 saturated heterocycles. The van der Waals surface area contributed by atoms with Gasteiger partial charge in [-0.3, -0.25) is 9.59 Å². The Bertz CT molecular complexity index is 1980. The van der Waals surface area contributed by atoms with Crippen LogP contribution >= 0.6 is 23.2 Å². The van der Waals surface area contributed by atoms with Gasteiger partial charge in [0, 0.05) is 21.1 Å². The van der Waals surface area contributed by atoms with Gasteiger partial charge in [-0.1, -0.05) is 35.3 Å². The molecule has 0 atom stereocenters. The van der Waals surface area contributed by atoms with Crippen molar-refractivity contribution in [2.75, 3.05) is 11.9 Å². The molecule has 8 nitrogen and oxygen atoms in total. The van der Waals surface area contributed by atoms with E-state index in [1.165, 1.54) is 10.9 Å². The first kappa shape index (κ1) is 26.3. The molecule has 6 aromatic rings. The van der Waals surface area contributed by atoms with E-state index in [0.717, 1.165) is 5.39 Å². The number of halogens is 2. The second-order valence-corrected chi connectivity index (χ2v) is 9.89. The molecule has 0 aliphatic carbocycles. The van der Waals surface area contributed by atoms with Crippen LogP contribution in [-0.2, 0) is 4.79 Å². The van der Waals surface area contributed by atoms with Gasteiger partial charge < -0.3 is 14.5 Å². The molecule has 10 heteroatoms. The summed E-state index contributed by atoms with van der Waals surface area (Å²) in [7, 11) is 0. The summed E-state index contributed by atoms with van der Waals surface area (Å²) in [4.78, 5) is 30.3. The van der Waals surface area contributed by atoms with Gasteiger partial charge in [0.15, 0.2) is 12.4 Å². The number of hydrogen-bond donors (Lipinski definition) is 1. The number of furan rings is 1. The number of fused-ring (bicyclic) bond motifs is 2. The van der Waals surface area contributed by atoms with Crippen molar-refractivity contribution in [2.24, 2.45) is 5.10 Å². The van der Waals surface area contributed by atoms with Crippen LogP contribution in [0.5, 0.6) is 5.75 Å². The van der Waals surface area contributed by atoms with Crippen LogP contribution in [0, 0.1) is 0 Å². The molecular formula is C31H20Cl2N4O4. The van der Waals surface area contributed by atoms with Gasteiger partial charge >= 0.3 is 0 Å². The second-order valence-electron chi connectivity index (χ2n) is 9.02. The number of nitrogens with one attached hydrogen (secondary N) is 1. The molecule has 0 unspecified atom stereocenters. The third kappa shape index (κ3) is 5.84. The number of amides is 1. The van der Waals surface area contributed by atoms with Crippen LogP contribution in [0.2, 0.25) is 10.0 Å². The summed E-state index contributed by atoms with van der Waals surface area (Å²) in [6.07, 6.45) is 1.54. The van der Waals surface area contributed by atoms with Crippen molar-refractivity contribution in [3.8, 4) is 17.3 Å². The summed E-state index contributed by atoms with van der Waals surface area (Å²) in [5.74, 6) is 0.827. The van der Waals surface area contributed by atoms with Crippen molar-refractivity contribution in [1.29, 1.82) is 0 Å². The Morgan fingerprint density at radius 2 is 1.71 bits per heavy atom.